The lowest BCUT2D eigenvalue weighted by atomic mass is 10.0. The van der Waals surface area contributed by atoms with Crippen LogP contribution in [0.3, 0.4) is 0 Å². The molecule has 138 valence electrons. The molecule has 0 aromatic heterocycles. The van der Waals surface area contributed by atoms with E-state index in [9.17, 15) is 14.4 Å². The second-order valence-electron chi connectivity index (χ2n) is 5.84. The Hall–Kier alpha value is -2.28. The number of aliphatic carboxylic acids is 1. The van der Waals surface area contributed by atoms with Gasteiger partial charge in [-0.3, -0.25) is 9.59 Å². The summed E-state index contributed by atoms with van der Waals surface area (Å²) < 4.78 is 5.36. The minimum atomic E-state index is -1.11. The van der Waals surface area contributed by atoms with Gasteiger partial charge in [-0.15, -0.1) is 0 Å². The molecule has 0 aliphatic heterocycles. The lowest BCUT2D eigenvalue weighted by Crippen LogP contribution is -2.46. The topological polar surface area (TPSA) is 105 Å². The first-order chi connectivity index (χ1) is 11.7. The van der Waals surface area contributed by atoms with Gasteiger partial charge >= 0.3 is 5.97 Å². The first kappa shape index (κ1) is 20.8. The number of benzene rings is 1. The summed E-state index contributed by atoms with van der Waals surface area (Å²) >= 11 is 5.88. The van der Waals surface area contributed by atoms with Crippen LogP contribution in [0.2, 0.25) is 5.02 Å². The average Bonchev–Trinajstić information content (AvgIpc) is 2.52. The van der Waals surface area contributed by atoms with Crippen molar-refractivity contribution in [1.82, 2.24) is 10.6 Å². The molecule has 1 aromatic rings. The lowest BCUT2D eigenvalue weighted by Gasteiger charge is -2.17. The van der Waals surface area contributed by atoms with Crippen LogP contribution in [-0.4, -0.2) is 42.1 Å². The molecule has 0 radical (unpaired) electrons. The molecule has 0 aliphatic rings. The number of carbonyl (C=O) groups excluding carboxylic acids is 2. The molecule has 0 aliphatic carbocycles. The van der Waals surface area contributed by atoms with Gasteiger partial charge in [-0.05, 0) is 37.5 Å². The highest BCUT2D eigenvalue weighted by atomic mass is 35.5. The number of ether oxygens (including phenoxy) is 1. The summed E-state index contributed by atoms with van der Waals surface area (Å²) in [5, 5.41) is 14.4. The highest BCUT2D eigenvalue weighted by Crippen LogP contribution is 2.23. The maximum Gasteiger partial charge on any atom is 0.326 e. The van der Waals surface area contributed by atoms with Gasteiger partial charge in [-0.1, -0.05) is 25.4 Å². The first-order valence-electron chi connectivity index (χ1n) is 7.97. The van der Waals surface area contributed by atoms with Crippen molar-refractivity contribution >= 4 is 29.4 Å². The molecule has 0 heterocycles. The van der Waals surface area contributed by atoms with E-state index in [1.165, 1.54) is 12.1 Å². The van der Waals surface area contributed by atoms with Crippen LogP contribution in [0.5, 0.6) is 5.75 Å². The minimum absolute atomic E-state index is 0.110. The Morgan fingerprint density at radius 3 is 2.52 bits per heavy atom. The Balaban J connectivity index is 2.66. The Morgan fingerprint density at radius 2 is 1.96 bits per heavy atom. The Labute approximate surface area is 151 Å². The van der Waals surface area contributed by atoms with Crippen LogP contribution in [0.15, 0.2) is 18.2 Å². The van der Waals surface area contributed by atoms with Crippen LogP contribution in [0, 0.1) is 5.92 Å². The van der Waals surface area contributed by atoms with E-state index in [1.807, 2.05) is 13.8 Å². The van der Waals surface area contributed by atoms with Gasteiger partial charge in [0, 0.05) is 5.02 Å². The molecular weight excluding hydrogens is 348 g/mol. The number of rotatable bonds is 9. The largest absolute Gasteiger partial charge is 0.493 e. The third-order valence-electron chi connectivity index (χ3n) is 3.24. The average molecular weight is 371 g/mol. The number of nitrogens with one attached hydrogen (secondary N) is 2. The highest BCUT2D eigenvalue weighted by Gasteiger charge is 2.21. The fourth-order valence-corrected chi connectivity index (χ4v) is 2.31. The molecule has 8 heteroatoms. The van der Waals surface area contributed by atoms with Gasteiger partial charge < -0.3 is 20.5 Å². The predicted octanol–water partition coefficient (Wildman–Crippen LogP) is 2.08. The van der Waals surface area contributed by atoms with E-state index >= 15 is 0 Å². The van der Waals surface area contributed by atoms with E-state index in [0.29, 0.717) is 23.8 Å². The molecule has 1 atom stereocenters. The Bertz CT molecular complexity index is 633. The zero-order chi connectivity index (χ0) is 19.0. The van der Waals surface area contributed by atoms with Crippen molar-refractivity contribution in [3.63, 3.8) is 0 Å². The van der Waals surface area contributed by atoms with E-state index in [4.69, 9.17) is 21.4 Å². The van der Waals surface area contributed by atoms with Gasteiger partial charge in [-0.25, -0.2) is 4.79 Å². The van der Waals surface area contributed by atoms with Gasteiger partial charge in [0.15, 0.2) is 0 Å². The predicted molar refractivity (Wildman–Crippen MR) is 94.0 cm³/mol. The minimum Gasteiger partial charge on any atom is -0.493 e. The second-order valence-corrected chi connectivity index (χ2v) is 6.28. The SMILES string of the molecule is CCOc1cc(Cl)ccc1C(=O)NCC(=O)N[C@@H](CC(C)C)C(=O)O. The number of halogens is 1. The van der Waals surface area contributed by atoms with Gasteiger partial charge in [0.2, 0.25) is 5.91 Å². The molecule has 0 saturated carbocycles. The standard InChI is InChI=1S/C17H23ClN2O5/c1-4-25-14-8-11(18)5-6-12(14)16(22)19-9-15(21)20-13(17(23)24)7-10(2)3/h5-6,8,10,13H,4,7,9H2,1-3H3,(H,19,22)(H,20,21)(H,23,24)/t13-/m0/s1. The molecule has 2 amide bonds. The number of hydrogen-bond acceptors (Lipinski definition) is 4. The zero-order valence-electron chi connectivity index (χ0n) is 14.5. The number of carbonyl (C=O) groups is 3. The maximum atomic E-state index is 12.2. The summed E-state index contributed by atoms with van der Waals surface area (Å²) in [6.07, 6.45) is 0.306. The van der Waals surface area contributed by atoms with Crippen molar-refractivity contribution in [2.45, 2.75) is 33.2 Å². The molecule has 0 bridgehead atoms. The van der Waals surface area contributed by atoms with Gasteiger partial charge in [0.25, 0.3) is 5.91 Å². The van der Waals surface area contributed by atoms with Gasteiger partial charge in [0.05, 0.1) is 18.7 Å². The molecule has 7 nitrogen and oxygen atoms in total. The van der Waals surface area contributed by atoms with Crippen molar-refractivity contribution in [1.29, 1.82) is 0 Å². The van der Waals surface area contributed by atoms with Crippen LogP contribution < -0.4 is 15.4 Å². The van der Waals surface area contributed by atoms with Crippen molar-refractivity contribution in [3.8, 4) is 5.75 Å². The van der Waals surface area contributed by atoms with Crippen molar-refractivity contribution in [3.05, 3.63) is 28.8 Å². The summed E-state index contributed by atoms with van der Waals surface area (Å²) in [4.78, 5) is 35.3. The van der Waals surface area contributed by atoms with Crippen molar-refractivity contribution in [2.75, 3.05) is 13.2 Å². The summed E-state index contributed by atoms with van der Waals surface area (Å²) in [5.41, 5.74) is 0.246. The van der Waals surface area contributed by atoms with Gasteiger partial charge in [-0.2, -0.15) is 0 Å². The fraction of sp³-hybridized carbons (Fsp3) is 0.471. The number of hydrogen-bond donors (Lipinski definition) is 3. The van der Waals surface area contributed by atoms with E-state index in [2.05, 4.69) is 10.6 Å². The van der Waals surface area contributed by atoms with E-state index in [0.717, 1.165) is 0 Å². The molecule has 0 fully saturated rings. The lowest BCUT2D eigenvalue weighted by molar-refractivity contribution is -0.142. The molecule has 0 spiro atoms. The molecule has 0 unspecified atom stereocenters. The molecular formula is C17H23ClN2O5. The smallest absolute Gasteiger partial charge is 0.326 e. The molecule has 0 saturated heterocycles. The van der Waals surface area contributed by atoms with Crippen LogP contribution >= 0.6 is 11.6 Å². The third-order valence-corrected chi connectivity index (χ3v) is 3.47. The van der Waals surface area contributed by atoms with E-state index in [1.54, 1.807) is 13.0 Å². The highest BCUT2D eigenvalue weighted by molar-refractivity contribution is 6.30. The molecule has 3 N–H and O–H groups in total. The summed E-state index contributed by atoms with van der Waals surface area (Å²) in [6, 6.07) is 3.57. The fourth-order valence-electron chi connectivity index (χ4n) is 2.15. The van der Waals surface area contributed by atoms with E-state index < -0.39 is 23.8 Å². The quantitative estimate of drug-likeness (QED) is 0.617. The van der Waals surface area contributed by atoms with Gasteiger partial charge in [0.1, 0.15) is 11.8 Å². The summed E-state index contributed by atoms with van der Waals surface area (Å²) in [6.45, 7) is 5.52. The normalized spacial score (nSPS) is 11.7. The van der Waals surface area contributed by atoms with Crippen LogP contribution in [0.4, 0.5) is 0 Å². The van der Waals surface area contributed by atoms with Crippen molar-refractivity contribution < 1.29 is 24.2 Å². The maximum absolute atomic E-state index is 12.2. The molecule has 1 aromatic carbocycles. The first-order valence-corrected chi connectivity index (χ1v) is 8.35. The van der Waals surface area contributed by atoms with Crippen LogP contribution in [0.25, 0.3) is 0 Å². The molecule has 25 heavy (non-hydrogen) atoms. The van der Waals surface area contributed by atoms with Crippen molar-refractivity contribution in [2.24, 2.45) is 5.92 Å². The summed E-state index contributed by atoms with van der Waals surface area (Å²) in [7, 11) is 0. The number of amides is 2. The third kappa shape index (κ3) is 7.01. The van der Waals surface area contributed by atoms with Crippen LogP contribution in [-0.2, 0) is 9.59 Å². The summed E-state index contributed by atoms with van der Waals surface area (Å²) in [5.74, 6) is -1.76. The Morgan fingerprint density at radius 1 is 1.28 bits per heavy atom. The van der Waals surface area contributed by atoms with E-state index in [-0.39, 0.29) is 18.0 Å². The Kier molecular flexibility index (Phi) is 8.21. The number of carboxylic acid groups (broad SMARTS) is 1. The van der Waals surface area contributed by atoms with Crippen LogP contribution in [0.1, 0.15) is 37.6 Å². The molecule has 1 rings (SSSR count). The second kappa shape index (κ2) is 9.88. The monoisotopic (exact) mass is 370 g/mol. The zero-order valence-corrected chi connectivity index (χ0v) is 15.2. The number of carboxylic acids is 1.